The summed E-state index contributed by atoms with van der Waals surface area (Å²) < 4.78 is 0.829. The average molecular weight is 232 g/mol. The first-order valence-electron chi connectivity index (χ1n) is 1.81. The van der Waals surface area contributed by atoms with Crippen molar-refractivity contribution >= 4 is 58.0 Å². The van der Waals surface area contributed by atoms with E-state index in [0.29, 0.717) is 0 Å². The van der Waals surface area contributed by atoms with Gasteiger partial charge in [0.25, 0.3) is 4.52 Å². The Morgan fingerprint density at radius 1 is 1.00 bits per heavy atom. The van der Waals surface area contributed by atoms with E-state index < -0.39 is 8.31 Å². The molecule has 0 aromatic heterocycles. The van der Waals surface area contributed by atoms with Gasteiger partial charge in [0.05, 0.1) is 0 Å². The molecule has 0 unspecified atom stereocenters. The van der Waals surface area contributed by atoms with Gasteiger partial charge < -0.3 is 4.74 Å². The second-order valence-electron chi connectivity index (χ2n) is 1.22. The summed E-state index contributed by atoms with van der Waals surface area (Å²) in [6, 6.07) is 0. The molecule has 0 fully saturated rings. The van der Waals surface area contributed by atoms with Crippen molar-refractivity contribution in [1.82, 2.24) is 0 Å². The van der Waals surface area contributed by atoms with E-state index in [4.69, 9.17) is 58.0 Å². The first-order chi connectivity index (χ1) is 3.81. The van der Waals surface area contributed by atoms with E-state index in [1.165, 1.54) is 7.11 Å². The second-order valence-corrected chi connectivity index (χ2v) is 4.76. The minimum absolute atomic E-state index is 1.24. The van der Waals surface area contributed by atoms with Crippen molar-refractivity contribution in [3.63, 3.8) is 0 Å². The van der Waals surface area contributed by atoms with Crippen LogP contribution in [0.25, 0.3) is 0 Å². The zero-order valence-electron chi connectivity index (χ0n) is 4.30. The lowest BCUT2D eigenvalue weighted by Crippen LogP contribution is -2.32. The third-order valence-corrected chi connectivity index (χ3v) is 2.84. The molecule has 9 heavy (non-hydrogen) atoms. The van der Waals surface area contributed by atoms with Crippen LogP contribution in [0.5, 0.6) is 0 Å². The van der Waals surface area contributed by atoms with Gasteiger partial charge in [-0.15, -0.1) is 0 Å². The van der Waals surface area contributed by atoms with E-state index >= 15 is 0 Å². The van der Waals surface area contributed by atoms with Crippen LogP contribution < -0.4 is 0 Å². The number of rotatable bonds is 1. The molecule has 0 rings (SSSR count). The third-order valence-electron chi connectivity index (χ3n) is 0.586. The lowest BCUT2D eigenvalue weighted by Gasteiger charge is -2.24. The van der Waals surface area contributed by atoms with Crippen LogP contribution in [0.3, 0.4) is 0 Å². The Bertz CT molecular complexity index is 94.9. The monoisotopic (exact) mass is 230 g/mol. The number of hydrogen-bond donors (Lipinski definition) is 0. The zero-order valence-corrected chi connectivity index (χ0v) is 8.08. The van der Waals surface area contributed by atoms with E-state index in [0.717, 1.165) is 0 Å². The summed E-state index contributed by atoms with van der Waals surface area (Å²) in [5.74, 6) is 0. The Morgan fingerprint density at radius 3 is 1.33 bits per heavy atom. The zero-order chi connectivity index (χ0) is 7.71. The molecule has 0 heterocycles. The maximum Gasteiger partial charge on any atom is 0.265 e. The molecule has 0 saturated carbocycles. The molecule has 0 aliphatic carbocycles. The predicted octanol–water partition coefficient (Wildman–Crippen LogP) is 3.13. The summed E-state index contributed by atoms with van der Waals surface area (Å²) in [4.78, 5) is 0. The van der Waals surface area contributed by atoms with Crippen LogP contribution in [0, 0.1) is 0 Å². The molecular weight excluding hydrogens is 229 g/mol. The van der Waals surface area contributed by atoms with Gasteiger partial charge in [0.2, 0.25) is 3.79 Å². The number of ether oxygens (including phenoxy) is 1. The van der Waals surface area contributed by atoms with Crippen molar-refractivity contribution < 1.29 is 4.74 Å². The molecular formula is C3H3Cl5O. The summed E-state index contributed by atoms with van der Waals surface area (Å²) in [5.41, 5.74) is 0. The molecule has 0 atom stereocenters. The van der Waals surface area contributed by atoms with Crippen LogP contribution in [0.4, 0.5) is 0 Å². The molecule has 0 spiro atoms. The van der Waals surface area contributed by atoms with Crippen molar-refractivity contribution in [1.29, 1.82) is 0 Å². The normalized spacial score (nSPS) is 14.0. The van der Waals surface area contributed by atoms with E-state index in [9.17, 15) is 0 Å². The van der Waals surface area contributed by atoms with E-state index in [1.807, 2.05) is 0 Å². The summed E-state index contributed by atoms with van der Waals surface area (Å²) >= 11 is 26.5. The van der Waals surface area contributed by atoms with Crippen molar-refractivity contribution in [2.45, 2.75) is 8.31 Å². The van der Waals surface area contributed by atoms with Gasteiger partial charge in [0.15, 0.2) is 0 Å². The molecule has 0 aliphatic heterocycles. The molecule has 0 N–H and O–H groups in total. The maximum atomic E-state index is 5.34. The predicted molar refractivity (Wildman–Crippen MR) is 41.7 cm³/mol. The van der Waals surface area contributed by atoms with Crippen molar-refractivity contribution in [3.05, 3.63) is 0 Å². The smallest absolute Gasteiger partial charge is 0.265 e. The van der Waals surface area contributed by atoms with Crippen LogP contribution >= 0.6 is 58.0 Å². The lowest BCUT2D eigenvalue weighted by atomic mass is 10.8. The summed E-state index contributed by atoms with van der Waals surface area (Å²) in [6.07, 6.45) is 0. The highest BCUT2D eigenvalue weighted by Gasteiger charge is 2.46. The highest BCUT2D eigenvalue weighted by atomic mass is 35.6. The Balaban J connectivity index is 4.14. The minimum atomic E-state index is -1.83. The van der Waals surface area contributed by atoms with Crippen LogP contribution in [-0.2, 0) is 4.74 Å². The third kappa shape index (κ3) is 2.87. The van der Waals surface area contributed by atoms with Crippen molar-refractivity contribution in [2.75, 3.05) is 7.11 Å². The van der Waals surface area contributed by atoms with Crippen LogP contribution in [0.15, 0.2) is 0 Å². The van der Waals surface area contributed by atoms with Gasteiger partial charge >= 0.3 is 0 Å². The first-order valence-corrected chi connectivity index (χ1v) is 3.70. The first kappa shape index (κ1) is 10.4. The number of hydrogen-bond acceptors (Lipinski definition) is 1. The SMILES string of the molecule is COC(Cl)(Cl)C(Cl)(Cl)Cl. The topological polar surface area (TPSA) is 9.23 Å². The van der Waals surface area contributed by atoms with E-state index in [-0.39, 0.29) is 0 Å². The lowest BCUT2D eigenvalue weighted by molar-refractivity contribution is 0.136. The molecule has 0 amide bonds. The van der Waals surface area contributed by atoms with Gasteiger partial charge in [0, 0.05) is 7.11 Å². The summed E-state index contributed by atoms with van der Waals surface area (Å²) in [5, 5.41) is 0. The fourth-order valence-corrected chi connectivity index (χ4v) is 0.347. The second kappa shape index (κ2) is 3.21. The molecule has 56 valence electrons. The van der Waals surface area contributed by atoms with Gasteiger partial charge in [-0.3, -0.25) is 0 Å². The van der Waals surface area contributed by atoms with Gasteiger partial charge in [-0.1, -0.05) is 58.0 Å². The highest BCUT2D eigenvalue weighted by molar-refractivity contribution is 6.75. The molecule has 0 saturated heterocycles. The Labute approximate surface area is 78.1 Å². The standard InChI is InChI=1S/C3H3Cl5O/c1-9-3(7,8)2(4,5)6/h1H3. The van der Waals surface area contributed by atoms with Gasteiger partial charge in [0.1, 0.15) is 0 Å². The highest BCUT2D eigenvalue weighted by Crippen LogP contribution is 2.45. The Kier molecular flexibility index (Phi) is 3.71. The van der Waals surface area contributed by atoms with E-state index in [1.54, 1.807) is 0 Å². The Morgan fingerprint density at radius 2 is 1.33 bits per heavy atom. The number of halogens is 5. The fourth-order valence-electron chi connectivity index (χ4n) is 0.116. The van der Waals surface area contributed by atoms with Crippen LogP contribution in [-0.4, -0.2) is 15.4 Å². The van der Waals surface area contributed by atoms with Crippen LogP contribution in [0.2, 0.25) is 0 Å². The molecule has 0 aliphatic rings. The van der Waals surface area contributed by atoms with Crippen LogP contribution in [0.1, 0.15) is 0 Å². The van der Waals surface area contributed by atoms with Gasteiger partial charge in [-0.25, -0.2) is 0 Å². The van der Waals surface area contributed by atoms with Crippen molar-refractivity contribution in [2.24, 2.45) is 0 Å². The van der Waals surface area contributed by atoms with E-state index in [2.05, 4.69) is 4.74 Å². The van der Waals surface area contributed by atoms with Gasteiger partial charge in [-0.05, 0) is 0 Å². The average Bonchev–Trinajstić information content (AvgIpc) is 1.64. The molecule has 0 radical (unpaired) electrons. The Hall–Kier alpha value is 1.41. The fraction of sp³-hybridized carbons (Fsp3) is 1.00. The minimum Gasteiger partial charge on any atom is -0.347 e. The van der Waals surface area contributed by atoms with Crippen molar-refractivity contribution in [3.8, 4) is 0 Å². The molecule has 0 bridgehead atoms. The quantitative estimate of drug-likeness (QED) is 0.631. The molecule has 0 aromatic rings. The molecule has 1 nitrogen and oxygen atoms in total. The van der Waals surface area contributed by atoms with Gasteiger partial charge in [-0.2, -0.15) is 0 Å². The molecule has 0 aromatic carbocycles. The number of alkyl halides is 5. The summed E-state index contributed by atoms with van der Waals surface area (Å²) in [6.45, 7) is 0. The number of methoxy groups -OCH3 is 1. The largest absolute Gasteiger partial charge is 0.347 e. The maximum absolute atomic E-state index is 5.34. The molecule has 6 heteroatoms. The summed E-state index contributed by atoms with van der Waals surface area (Å²) in [7, 11) is 1.24.